The number of ether oxygens (including phenoxy) is 2. The van der Waals surface area contributed by atoms with Gasteiger partial charge in [0.1, 0.15) is 4.99 Å². The Bertz CT molecular complexity index is 651. The third-order valence-corrected chi connectivity index (χ3v) is 5.06. The average molecular weight is 330 g/mol. The standard InChI is InChI=1S/C18H22N2O2S/c23-18(20-13-4-2-1-3-5-13)10-15-14-9-17-16(21-11-22-17)8-12(14)6-7-19-15/h8-10,13,19H,1-7,11H2,(H,20,23). The van der Waals surface area contributed by atoms with Gasteiger partial charge in [0.25, 0.3) is 0 Å². The quantitative estimate of drug-likeness (QED) is 0.644. The van der Waals surface area contributed by atoms with E-state index in [-0.39, 0.29) is 0 Å². The lowest BCUT2D eigenvalue weighted by molar-refractivity contribution is 0.174. The monoisotopic (exact) mass is 330 g/mol. The first-order chi connectivity index (χ1) is 11.3. The lowest BCUT2D eigenvalue weighted by atomic mass is 9.95. The molecule has 0 spiro atoms. The maximum absolute atomic E-state index is 5.56. The van der Waals surface area contributed by atoms with Crippen molar-refractivity contribution in [1.82, 2.24) is 10.6 Å². The second kappa shape index (κ2) is 6.40. The fraction of sp³-hybridized carbons (Fsp3) is 0.500. The summed E-state index contributed by atoms with van der Waals surface area (Å²) >= 11 is 5.56. The van der Waals surface area contributed by atoms with E-state index >= 15 is 0 Å². The molecule has 2 aliphatic heterocycles. The summed E-state index contributed by atoms with van der Waals surface area (Å²) in [6.45, 7) is 1.23. The van der Waals surface area contributed by atoms with Crippen molar-refractivity contribution >= 4 is 22.9 Å². The zero-order valence-electron chi connectivity index (χ0n) is 13.2. The van der Waals surface area contributed by atoms with Gasteiger partial charge in [0, 0.05) is 23.8 Å². The van der Waals surface area contributed by atoms with Crippen molar-refractivity contribution in [2.45, 2.75) is 44.6 Å². The Morgan fingerprint density at radius 2 is 1.96 bits per heavy atom. The average Bonchev–Trinajstić information content (AvgIpc) is 3.01. The van der Waals surface area contributed by atoms with E-state index in [1.54, 1.807) is 0 Å². The Morgan fingerprint density at radius 3 is 2.78 bits per heavy atom. The van der Waals surface area contributed by atoms with Gasteiger partial charge < -0.3 is 20.1 Å². The molecule has 3 aliphatic rings. The minimum absolute atomic E-state index is 0.312. The number of nitrogens with one attached hydrogen (secondary N) is 2. The second-order valence-corrected chi connectivity index (χ2v) is 6.88. The van der Waals surface area contributed by atoms with Gasteiger partial charge in [-0.05, 0) is 43.0 Å². The van der Waals surface area contributed by atoms with Crippen LogP contribution in [0.1, 0.15) is 43.2 Å². The van der Waals surface area contributed by atoms with Crippen LogP contribution in [0.15, 0.2) is 18.2 Å². The molecule has 0 atom stereocenters. The van der Waals surface area contributed by atoms with Crippen LogP contribution in [0.25, 0.3) is 5.70 Å². The Morgan fingerprint density at radius 1 is 1.17 bits per heavy atom. The van der Waals surface area contributed by atoms with Gasteiger partial charge >= 0.3 is 0 Å². The van der Waals surface area contributed by atoms with Crippen molar-refractivity contribution in [1.29, 1.82) is 0 Å². The number of benzene rings is 1. The molecular formula is C18H22N2O2S. The first kappa shape index (κ1) is 14.8. The molecule has 0 bridgehead atoms. The van der Waals surface area contributed by atoms with Gasteiger partial charge in [-0.2, -0.15) is 0 Å². The molecule has 1 aliphatic carbocycles. The molecule has 5 heteroatoms. The van der Waals surface area contributed by atoms with E-state index in [1.807, 2.05) is 0 Å². The molecule has 4 rings (SSSR count). The number of rotatable bonds is 2. The summed E-state index contributed by atoms with van der Waals surface area (Å²) in [6, 6.07) is 4.70. The largest absolute Gasteiger partial charge is 0.454 e. The minimum atomic E-state index is 0.312. The molecule has 2 heterocycles. The fourth-order valence-corrected chi connectivity index (χ4v) is 3.90. The molecule has 1 aromatic carbocycles. The third kappa shape index (κ3) is 3.15. The van der Waals surface area contributed by atoms with Gasteiger partial charge in [-0.3, -0.25) is 0 Å². The number of hydrogen-bond donors (Lipinski definition) is 2. The van der Waals surface area contributed by atoms with Crippen molar-refractivity contribution in [2.75, 3.05) is 13.3 Å². The van der Waals surface area contributed by atoms with Crippen LogP contribution >= 0.6 is 12.2 Å². The molecule has 4 nitrogen and oxygen atoms in total. The predicted octanol–water partition coefficient (Wildman–Crippen LogP) is 3.15. The maximum atomic E-state index is 5.56. The Kier molecular flexibility index (Phi) is 4.12. The summed E-state index contributed by atoms with van der Waals surface area (Å²) in [5.74, 6) is 1.68. The van der Waals surface area contributed by atoms with Gasteiger partial charge in [0.2, 0.25) is 6.79 Å². The molecule has 0 radical (unpaired) electrons. The summed E-state index contributed by atoms with van der Waals surface area (Å²) in [5, 5.41) is 6.98. The van der Waals surface area contributed by atoms with Gasteiger partial charge in [0.05, 0.1) is 0 Å². The third-order valence-electron chi connectivity index (χ3n) is 4.83. The highest BCUT2D eigenvalue weighted by atomic mass is 32.1. The highest BCUT2D eigenvalue weighted by molar-refractivity contribution is 7.80. The maximum Gasteiger partial charge on any atom is 0.231 e. The van der Waals surface area contributed by atoms with Crippen molar-refractivity contribution in [3.63, 3.8) is 0 Å². The van der Waals surface area contributed by atoms with Gasteiger partial charge in [-0.25, -0.2) is 0 Å². The molecule has 122 valence electrons. The Hall–Kier alpha value is -1.75. The van der Waals surface area contributed by atoms with E-state index in [0.717, 1.165) is 35.2 Å². The van der Waals surface area contributed by atoms with E-state index in [1.165, 1.54) is 43.2 Å². The highest BCUT2D eigenvalue weighted by Crippen LogP contribution is 2.37. The molecule has 1 saturated carbocycles. The lowest BCUT2D eigenvalue weighted by Gasteiger charge is -2.25. The molecule has 0 amide bonds. The topological polar surface area (TPSA) is 42.5 Å². The highest BCUT2D eigenvalue weighted by Gasteiger charge is 2.22. The van der Waals surface area contributed by atoms with Gasteiger partial charge in [-0.15, -0.1) is 0 Å². The van der Waals surface area contributed by atoms with Crippen molar-refractivity contribution in [2.24, 2.45) is 0 Å². The Balaban J connectivity index is 1.54. The summed E-state index contributed by atoms with van der Waals surface area (Å²) in [5.41, 5.74) is 3.55. The lowest BCUT2D eigenvalue weighted by Crippen LogP contribution is -2.35. The summed E-state index contributed by atoms with van der Waals surface area (Å²) in [7, 11) is 0. The van der Waals surface area contributed by atoms with Crippen LogP contribution in [0.2, 0.25) is 0 Å². The number of hydrogen-bond acceptors (Lipinski definition) is 4. The van der Waals surface area contributed by atoms with E-state index in [9.17, 15) is 0 Å². The van der Waals surface area contributed by atoms with Crippen LogP contribution in [-0.2, 0) is 6.42 Å². The van der Waals surface area contributed by atoms with Crippen LogP contribution in [0.5, 0.6) is 11.5 Å². The molecule has 1 aromatic rings. The van der Waals surface area contributed by atoms with E-state index in [2.05, 4.69) is 28.8 Å². The molecule has 23 heavy (non-hydrogen) atoms. The van der Waals surface area contributed by atoms with Crippen LogP contribution in [0.4, 0.5) is 0 Å². The molecule has 0 aromatic heterocycles. The predicted molar refractivity (Wildman–Crippen MR) is 94.9 cm³/mol. The summed E-state index contributed by atoms with van der Waals surface area (Å²) < 4.78 is 11.0. The first-order valence-corrected chi connectivity index (χ1v) is 8.89. The normalized spacial score (nSPS) is 21.7. The van der Waals surface area contributed by atoms with E-state index < -0.39 is 0 Å². The van der Waals surface area contributed by atoms with Gasteiger partial charge in [0.15, 0.2) is 11.5 Å². The molecule has 1 fully saturated rings. The zero-order chi connectivity index (χ0) is 15.6. The molecule has 0 saturated heterocycles. The Labute approximate surface area is 142 Å². The fourth-order valence-electron chi connectivity index (χ4n) is 3.62. The first-order valence-electron chi connectivity index (χ1n) is 8.48. The molecule has 2 N–H and O–H groups in total. The van der Waals surface area contributed by atoms with Crippen LogP contribution in [0.3, 0.4) is 0 Å². The smallest absolute Gasteiger partial charge is 0.231 e. The van der Waals surface area contributed by atoms with Crippen molar-refractivity contribution in [3.05, 3.63) is 29.3 Å². The van der Waals surface area contributed by atoms with Crippen molar-refractivity contribution < 1.29 is 9.47 Å². The van der Waals surface area contributed by atoms with E-state index in [4.69, 9.17) is 21.7 Å². The van der Waals surface area contributed by atoms with E-state index in [0.29, 0.717) is 12.8 Å². The van der Waals surface area contributed by atoms with Crippen LogP contribution in [-0.4, -0.2) is 24.4 Å². The summed E-state index contributed by atoms with van der Waals surface area (Å²) in [6.07, 6.45) is 9.48. The molecule has 0 unspecified atom stereocenters. The number of fused-ring (bicyclic) bond motifs is 2. The van der Waals surface area contributed by atoms with Crippen molar-refractivity contribution in [3.8, 4) is 11.5 Å². The summed E-state index contributed by atoms with van der Waals surface area (Å²) in [4.78, 5) is 0.824. The zero-order valence-corrected chi connectivity index (χ0v) is 14.0. The minimum Gasteiger partial charge on any atom is -0.454 e. The SMILES string of the molecule is S=C(C=C1NCCc2cc3c(cc21)OCO3)NC1CCCCC1. The second-order valence-electron chi connectivity index (χ2n) is 6.44. The van der Waals surface area contributed by atoms with Crippen LogP contribution < -0.4 is 20.1 Å². The number of thiocarbonyl (C=S) groups is 1. The molecular weight excluding hydrogens is 308 g/mol. The van der Waals surface area contributed by atoms with Gasteiger partial charge in [-0.1, -0.05) is 31.5 Å². The van der Waals surface area contributed by atoms with Crippen LogP contribution in [0, 0.1) is 0 Å².